The van der Waals surface area contributed by atoms with Crippen molar-refractivity contribution in [3.63, 3.8) is 0 Å². The third kappa shape index (κ3) is 33.6. The van der Waals surface area contributed by atoms with E-state index in [0.717, 1.165) is 19.4 Å². The SMILES string of the molecule is CC(C)=O.CCCCOCCO. The molecule has 0 atom stereocenters. The van der Waals surface area contributed by atoms with Crippen LogP contribution in [0.3, 0.4) is 0 Å². The van der Waals surface area contributed by atoms with Crippen molar-refractivity contribution in [3.8, 4) is 0 Å². The zero-order valence-electron chi connectivity index (χ0n) is 8.30. The van der Waals surface area contributed by atoms with Gasteiger partial charge in [0.2, 0.25) is 0 Å². The second kappa shape index (κ2) is 13.2. The van der Waals surface area contributed by atoms with Gasteiger partial charge in [0.25, 0.3) is 0 Å². The molecule has 0 amide bonds. The lowest BCUT2D eigenvalue weighted by Crippen LogP contribution is -1.99. The zero-order chi connectivity index (χ0) is 9.82. The van der Waals surface area contributed by atoms with Crippen molar-refractivity contribution >= 4 is 5.78 Å². The molecule has 0 radical (unpaired) electrons. The van der Waals surface area contributed by atoms with Gasteiger partial charge in [-0.3, -0.25) is 0 Å². The summed E-state index contributed by atoms with van der Waals surface area (Å²) in [5.74, 6) is 0.167. The molecule has 0 aliphatic heterocycles. The van der Waals surface area contributed by atoms with Gasteiger partial charge >= 0.3 is 0 Å². The molecule has 0 bridgehead atoms. The summed E-state index contributed by atoms with van der Waals surface area (Å²) in [5, 5.41) is 8.24. The van der Waals surface area contributed by atoms with Crippen molar-refractivity contribution in [2.24, 2.45) is 0 Å². The standard InChI is InChI=1S/C6H14O2.C3H6O/c1-2-3-5-8-6-4-7;1-3(2)4/h7H,2-6H2,1H3;1-2H3. The fraction of sp³-hybridized carbons (Fsp3) is 0.889. The van der Waals surface area contributed by atoms with E-state index >= 15 is 0 Å². The number of hydrogen-bond donors (Lipinski definition) is 1. The smallest absolute Gasteiger partial charge is 0.126 e. The van der Waals surface area contributed by atoms with Crippen LogP contribution in [-0.2, 0) is 9.53 Å². The molecule has 0 saturated carbocycles. The number of ketones is 1. The highest BCUT2D eigenvalue weighted by atomic mass is 16.5. The zero-order valence-corrected chi connectivity index (χ0v) is 8.30. The Labute approximate surface area is 74.7 Å². The Bertz CT molecular complexity index is 81.8. The Balaban J connectivity index is 0. The average Bonchev–Trinajstić information content (AvgIpc) is 1.97. The lowest BCUT2D eigenvalue weighted by atomic mass is 10.4. The normalized spacial score (nSPS) is 8.67. The van der Waals surface area contributed by atoms with Crippen molar-refractivity contribution in [1.29, 1.82) is 0 Å². The molecule has 0 spiro atoms. The van der Waals surface area contributed by atoms with E-state index in [-0.39, 0.29) is 12.4 Å². The first-order valence-corrected chi connectivity index (χ1v) is 4.30. The van der Waals surface area contributed by atoms with Crippen molar-refractivity contribution in [2.45, 2.75) is 33.6 Å². The van der Waals surface area contributed by atoms with E-state index in [0.29, 0.717) is 6.61 Å². The molecule has 0 aromatic heterocycles. The van der Waals surface area contributed by atoms with Gasteiger partial charge in [-0.25, -0.2) is 0 Å². The number of carbonyl (C=O) groups is 1. The van der Waals surface area contributed by atoms with E-state index in [9.17, 15) is 4.79 Å². The molecule has 0 unspecified atom stereocenters. The molecule has 74 valence electrons. The molecular formula is C9H20O3. The Morgan fingerprint density at radius 2 is 1.83 bits per heavy atom. The molecule has 0 fully saturated rings. The van der Waals surface area contributed by atoms with E-state index in [1.165, 1.54) is 13.8 Å². The first-order chi connectivity index (χ1) is 5.65. The van der Waals surface area contributed by atoms with Crippen LogP contribution in [-0.4, -0.2) is 30.7 Å². The average molecular weight is 176 g/mol. The molecule has 0 aromatic carbocycles. The van der Waals surface area contributed by atoms with Crippen LogP contribution in [0.4, 0.5) is 0 Å². The van der Waals surface area contributed by atoms with Crippen molar-refractivity contribution in [2.75, 3.05) is 19.8 Å². The third-order valence-corrected chi connectivity index (χ3v) is 0.878. The molecule has 1 N–H and O–H groups in total. The Hall–Kier alpha value is -0.410. The van der Waals surface area contributed by atoms with Crippen LogP contribution in [0.2, 0.25) is 0 Å². The molecule has 12 heavy (non-hydrogen) atoms. The first-order valence-electron chi connectivity index (χ1n) is 4.30. The number of unbranched alkanes of at least 4 members (excludes halogenated alkanes) is 1. The number of aliphatic hydroxyl groups is 1. The Morgan fingerprint density at radius 1 is 1.33 bits per heavy atom. The summed E-state index contributed by atoms with van der Waals surface area (Å²) < 4.78 is 4.97. The minimum Gasteiger partial charge on any atom is -0.394 e. The lowest BCUT2D eigenvalue weighted by molar-refractivity contribution is -0.114. The predicted octanol–water partition coefficient (Wildman–Crippen LogP) is 1.39. The summed E-state index contributed by atoms with van der Waals surface area (Å²) >= 11 is 0. The number of hydrogen-bond acceptors (Lipinski definition) is 3. The molecule has 0 aliphatic carbocycles. The van der Waals surface area contributed by atoms with Gasteiger partial charge in [-0.15, -0.1) is 0 Å². The Kier molecular flexibility index (Phi) is 15.5. The van der Waals surface area contributed by atoms with E-state index in [4.69, 9.17) is 9.84 Å². The summed E-state index contributed by atoms with van der Waals surface area (Å²) in [5.41, 5.74) is 0. The molecule has 0 aromatic rings. The van der Waals surface area contributed by atoms with Gasteiger partial charge in [-0.05, 0) is 20.3 Å². The van der Waals surface area contributed by atoms with E-state index in [2.05, 4.69) is 6.92 Å². The molecule has 0 rings (SSSR count). The molecule has 3 nitrogen and oxygen atoms in total. The molecular weight excluding hydrogens is 156 g/mol. The fourth-order valence-electron chi connectivity index (χ4n) is 0.413. The van der Waals surface area contributed by atoms with E-state index < -0.39 is 0 Å². The van der Waals surface area contributed by atoms with Gasteiger partial charge in [0, 0.05) is 6.61 Å². The number of rotatable bonds is 5. The minimum absolute atomic E-state index is 0.143. The van der Waals surface area contributed by atoms with Crippen LogP contribution in [0.5, 0.6) is 0 Å². The second-order valence-electron chi connectivity index (χ2n) is 2.60. The monoisotopic (exact) mass is 176 g/mol. The van der Waals surface area contributed by atoms with Gasteiger partial charge in [-0.1, -0.05) is 13.3 Å². The van der Waals surface area contributed by atoms with Gasteiger partial charge in [0.1, 0.15) is 5.78 Å². The molecule has 0 heterocycles. The summed E-state index contributed by atoms with van der Waals surface area (Å²) in [6.07, 6.45) is 2.26. The predicted molar refractivity (Wildman–Crippen MR) is 49.2 cm³/mol. The number of carbonyl (C=O) groups excluding carboxylic acids is 1. The van der Waals surface area contributed by atoms with Crippen LogP contribution in [0.1, 0.15) is 33.6 Å². The van der Waals surface area contributed by atoms with Crippen LogP contribution < -0.4 is 0 Å². The maximum absolute atomic E-state index is 9.44. The molecule has 3 heteroatoms. The highest BCUT2D eigenvalue weighted by Gasteiger charge is 1.82. The van der Waals surface area contributed by atoms with Gasteiger partial charge in [0.05, 0.1) is 13.2 Å². The largest absolute Gasteiger partial charge is 0.394 e. The lowest BCUT2D eigenvalue weighted by Gasteiger charge is -1.97. The van der Waals surface area contributed by atoms with Crippen molar-refractivity contribution in [3.05, 3.63) is 0 Å². The van der Waals surface area contributed by atoms with Crippen LogP contribution in [0, 0.1) is 0 Å². The quantitative estimate of drug-likeness (QED) is 0.644. The number of Topliss-reactive ketones (excluding diaryl/α,β-unsaturated/α-hetero) is 1. The minimum atomic E-state index is 0.143. The third-order valence-electron chi connectivity index (χ3n) is 0.878. The topological polar surface area (TPSA) is 46.5 Å². The highest BCUT2D eigenvalue weighted by Crippen LogP contribution is 1.85. The van der Waals surface area contributed by atoms with Crippen LogP contribution in [0.15, 0.2) is 0 Å². The van der Waals surface area contributed by atoms with Gasteiger partial charge in [0.15, 0.2) is 0 Å². The van der Waals surface area contributed by atoms with Gasteiger partial charge in [-0.2, -0.15) is 0 Å². The summed E-state index contributed by atoms with van der Waals surface area (Å²) in [4.78, 5) is 9.44. The summed E-state index contributed by atoms with van der Waals surface area (Å²) in [7, 11) is 0. The maximum Gasteiger partial charge on any atom is 0.126 e. The van der Waals surface area contributed by atoms with Gasteiger partial charge < -0.3 is 14.6 Å². The first kappa shape index (κ1) is 14.1. The second-order valence-corrected chi connectivity index (χ2v) is 2.60. The molecule has 0 saturated heterocycles. The van der Waals surface area contributed by atoms with Crippen LogP contribution >= 0.6 is 0 Å². The van der Waals surface area contributed by atoms with E-state index in [1.54, 1.807) is 0 Å². The van der Waals surface area contributed by atoms with E-state index in [1.807, 2.05) is 0 Å². The Morgan fingerprint density at radius 3 is 2.17 bits per heavy atom. The van der Waals surface area contributed by atoms with Crippen molar-refractivity contribution in [1.82, 2.24) is 0 Å². The van der Waals surface area contributed by atoms with Crippen molar-refractivity contribution < 1.29 is 14.6 Å². The highest BCUT2D eigenvalue weighted by molar-refractivity contribution is 5.72. The summed E-state index contributed by atoms with van der Waals surface area (Å²) in [6, 6.07) is 0. The molecule has 0 aliphatic rings. The fourth-order valence-corrected chi connectivity index (χ4v) is 0.413. The summed E-state index contributed by atoms with van der Waals surface area (Å²) in [6.45, 7) is 6.59. The maximum atomic E-state index is 9.44. The van der Waals surface area contributed by atoms with Crippen LogP contribution in [0.25, 0.3) is 0 Å². The number of aliphatic hydroxyl groups excluding tert-OH is 1. The number of ether oxygens (including phenoxy) is 1.